The van der Waals surface area contributed by atoms with E-state index < -0.39 is 17.9 Å². The minimum absolute atomic E-state index is 0.0856. The van der Waals surface area contributed by atoms with Crippen molar-refractivity contribution in [1.29, 1.82) is 0 Å². The molecular weight excluding hydrogens is 226 g/mol. The molecule has 2 amide bonds. The molecule has 5 N–H and O–H groups in total. The lowest BCUT2D eigenvalue weighted by molar-refractivity contribution is -0.137. The van der Waals surface area contributed by atoms with E-state index in [1.165, 1.54) is 0 Å². The molecule has 0 spiro atoms. The van der Waals surface area contributed by atoms with Gasteiger partial charge in [-0.25, -0.2) is 0 Å². The SMILES string of the molecule is CCNC(=O)CCNC(=O)C(N)CCC(=O)O. The maximum absolute atomic E-state index is 11.3. The summed E-state index contributed by atoms with van der Waals surface area (Å²) in [5.41, 5.74) is 5.47. The Morgan fingerprint density at radius 2 is 1.88 bits per heavy atom. The highest BCUT2D eigenvalue weighted by Gasteiger charge is 2.14. The molecule has 0 aromatic rings. The fraction of sp³-hybridized carbons (Fsp3) is 0.700. The van der Waals surface area contributed by atoms with E-state index in [1.807, 2.05) is 0 Å². The van der Waals surface area contributed by atoms with Gasteiger partial charge < -0.3 is 21.5 Å². The predicted octanol–water partition coefficient (Wildman–Crippen LogP) is -1.18. The number of nitrogens with one attached hydrogen (secondary N) is 2. The number of carbonyl (C=O) groups excluding carboxylic acids is 2. The normalized spacial score (nSPS) is 11.6. The summed E-state index contributed by atoms with van der Waals surface area (Å²) in [4.78, 5) is 32.6. The summed E-state index contributed by atoms with van der Waals surface area (Å²) < 4.78 is 0. The highest BCUT2D eigenvalue weighted by molar-refractivity contribution is 5.83. The van der Waals surface area contributed by atoms with Crippen LogP contribution >= 0.6 is 0 Å². The van der Waals surface area contributed by atoms with Gasteiger partial charge in [0.2, 0.25) is 11.8 Å². The molecule has 98 valence electrons. The molecule has 0 aliphatic rings. The Kier molecular flexibility index (Phi) is 7.70. The van der Waals surface area contributed by atoms with Crippen molar-refractivity contribution < 1.29 is 19.5 Å². The van der Waals surface area contributed by atoms with Crippen molar-refractivity contribution in [1.82, 2.24) is 10.6 Å². The lowest BCUT2D eigenvalue weighted by atomic mass is 10.1. The molecule has 0 aromatic carbocycles. The van der Waals surface area contributed by atoms with E-state index in [0.29, 0.717) is 6.54 Å². The number of carbonyl (C=O) groups is 3. The van der Waals surface area contributed by atoms with Crippen LogP contribution in [-0.2, 0) is 14.4 Å². The third-order valence-corrected chi connectivity index (χ3v) is 2.03. The first kappa shape index (κ1) is 15.4. The van der Waals surface area contributed by atoms with Gasteiger partial charge in [-0.1, -0.05) is 0 Å². The second-order valence-electron chi connectivity index (χ2n) is 3.53. The van der Waals surface area contributed by atoms with Gasteiger partial charge in [0.25, 0.3) is 0 Å². The number of carboxylic acid groups (broad SMARTS) is 1. The van der Waals surface area contributed by atoms with Crippen molar-refractivity contribution in [2.24, 2.45) is 5.73 Å². The van der Waals surface area contributed by atoms with E-state index in [9.17, 15) is 14.4 Å². The van der Waals surface area contributed by atoms with Crippen LogP contribution in [0.15, 0.2) is 0 Å². The van der Waals surface area contributed by atoms with Crippen LogP contribution in [0.1, 0.15) is 26.2 Å². The van der Waals surface area contributed by atoms with Crippen molar-refractivity contribution in [3.63, 3.8) is 0 Å². The molecule has 17 heavy (non-hydrogen) atoms. The minimum atomic E-state index is -0.990. The van der Waals surface area contributed by atoms with Crippen LogP contribution in [0.2, 0.25) is 0 Å². The van der Waals surface area contributed by atoms with Gasteiger partial charge in [0.05, 0.1) is 6.04 Å². The molecule has 0 aliphatic carbocycles. The van der Waals surface area contributed by atoms with Crippen LogP contribution in [0.25, 0.3) is 0 Å². The van der Waals surface area contributed by atoms with E-state index in [0.717, 1.165) is 0 Å². The van der Waals surface area contributed by atoms with E-state index in [-0.39, 0.29) is 31.7 Å². The molecule has 0 bridgehead atoms. The number of hydrogen-bond donors (Lipinski definition) is 4. The average molecular weight is 245 g/mol. The van der Waals surface area contributed by atoms with Crippen LogP contribution in [0.4, 0.5) is 0 Å². The molecule has 0 heterocycles. The smallest absolute Gasteiger partial charge is 0.303 e. The van der Waals surface area contributed by atoms with Gasteiger partial charge in [0, 0.05) is 25.9 Å². The Bertz CT molecular complexity index is 281. The molecule has 1 unspecified atom stereocenters. The van der Waals surface area contributed by atoms with Crippen LogP contribution in [0.3, 0.4) is 0 Å². The second-order valence-corrected chi connectivity index (χ2v) is 3.53. The summed E-state index contributed by atoms with van der Waals surface area (Å²) in [6, 6.07) is -0.847. The summed E-state index contributed by atoms with van der Waals surface area (Å²) in [6.07, 6.45) is 0.123. The average Bonchev–Trinajstić information content (AvgIpc) is 2.25. The fourth-order valence-electron chi connectivity index (χ4n) is 1.13. The highest BCUT2D eigenvalue weighted by Crippen LogP contribution is 1.94. The fourth-order valence-corrected chi connectivity index (χ4v) is 1.13. The molecule has 0 fully saturated rings. The Hall–Kier alpha value is -1.63. The summed E-state index contributed by atoms with van der Waals surface area (Å²) in [6.45, 7) is 2.55. The van der Waals surface area contributed by atoms with Crippen molar-refractivity contribution in [3.05, 3.63) is 0 Å². The number of nitrogens with two attached hydrogens (primary N) is 1. The summed E-state index contributed by atoms with van der Waals surface area (Å²) in [5.74, 6) is -1.57. The molecule has 0 aromatic heterocycles. The number of aliphatic carboxylic acids is 1. The first-order valence-corrected chi connectivity index (χ1v) is 5.49. The van der Waals surface area contributed by atoms with Gasteiger partial charge in [0.15, 0.2) is 0 Å². The summed E-state index contributed by atoms with van der Waals surface area (Å²) in [5, 5.41) is 13.5. The van der Waals surface area contributed by atoms with Crippen LogP contribution in [-0.4, -0.2) is 42.0 Å². The minimum Gasteiger partial charge on any atom is -0.481 e. The Labute approximate surface area is 99.7 Å². The Morgan fingerprint density at radius 1 is 1.24 bits per heavy atom. The predicted molar refractivity (Wildman–Crippen MR) is 61.2 cm³/mol. The standard InChI is InChI=1S/C10H19N3O4/c1-2-12-8(14)5-6-13-10(17)7(11)3-4-9(15)16/h7H,2-6,11H2,1H3,(H,12,14)(H,13,17)(H,15,16). The number of hydrogen-bond acceptors (Lipinski definition) is 4. The van der Waals surface area contributed by atoms with Gasteiger partial charge in [-0.15, -0.1) is 0 Å². The summed E-state index contributed by atoms with van der Waals surface area (Å²) in [7, 11) is 0. The highest BCUT2D eigenvalue weighted by atomic mass is 16.4. The van der Waals surface area contributed by atoms with Gasteiger partial charge in [-0.05, 0) is 13.3 Å². The first-order valence-electron chi connectivity index (χ1n) is 5.49. The van der Waals surface area contributed by atoms with Crippen LogP contribution in [0.5, 0.6) is 0 Å². The zero-order valence-corrected chi connectivity index (χ0v) is 9.86. The molecular formula is C10H19N3O4. The third kappa shape index (κ3) is 8.21. The lowest BCUT2D eigenvalue weighted by Crippen LogP contribution is -2.42. The molecule has 0 saturated carbocycles. The molecule has 0 saturated heterocycles. The van der Waals surface area contributed by atoms with E-state index in [2.05, 4.69) is 10.6 Å². The molecule has 7 nitrogen and oxygen atoms in total. The number of carboxylic acids is 1. The maximum atomic E-state index is 11.3. The van der Waals surface area contributed by atoms with Crippen molar-refractivity contribution in [2.45, 2.75) is 32.2 Å². The van der Waals surface area contributed by atoms with Gasteiger partial charge in [-0.2, -0.15) is 0 Å². The van der Waals surface area contributed by atoms with Crippen LogP contribution in [0, 0.1) is 0 Å². The largest absolute Gasteiger partial charge is 0.481 e. The topological polar surface area (TPSA) is 122 Å². The zero-order chi connectivity index (χ0) is 13.3. The first-order chi connectivity index (χ1) is 7.97. The Morgan fingerprint density at radius 3 is 2.41 bits per heavy atom. The van der Waals surface area contributed by atoms with Gasteiger partial charge in [0.1, 0.15) is 0 Å². The van der Waals surface area contributed by atoms with E-state index >= 15 is 0 Å². The van der Waals surface area contributed by atoms with Crippen molar-refractivity contribution in [2.75, 3.05) is 13.1 Å². The molecule has 0 aliphatic heterocycles. The van der Waals surface area contributed by atoms with Crippen LogP contribution < -0.4 is 16.4 Å². The van der Waals surface area contributed by atoms with E-state index in [1.54, 1.807) is 6.92 Å². The number of amides is 2. The monoisotopic (exact) mass is 245 g/mol. The third-order valence-electron chi connectivity index (χ3n) is 2.03. The Balaban J connectivity index is 3.70. The molecule has 7 heteroatoms. The van der Waals surface area contributed by atoms with E-state index in [4.69, 9.17) is 10.8 Å². The van der Waals surface area contributed by atoms with Gasteiger partial charge in [-0.3, -0.25) is 14.4 Å². The molecule has 0 radical (unpaired) electrons. The zero-order valence-electron chi connectivity index (χ0n) is 9.86. The quantitative estimate of drug-likeness (QED) is 0.429. The number of rotatable bonds is 8. The maximum Gasteiger partial charge on any atom is 0.303 e. The lowest BCUT2D eigenvalue weighted by Gasteiger charge is -2.10. The summed E-state index contributed by atoms with van der Waals surface area (Å²) >= 11 is 0. The van der Waals surface area contributed by atoms with Gasteiger partial charge >= 0.3 is 5.97 Å². The molecule has 0 rings (SSSR count). The molecule has 1 atom stereocenters. The van der Waals surface area contributed by atoms with Crippen molar-refractivity contribution in [3.8, 4) is 0 Å². The van der Waals surface area contributed by atoms with Crippen molar-refractivity contribution >= 4 is 17.8 Å². The second kappa shape index (κ2) is 8.51.